The van der Waals surface area contributed by atoms with Crippen LogP contribution in [0.4, 0.5) is 11.7 Å². The fourth-order valence-electron chi connectivity index (χ4n) is 2.60. The number of fused-ring (bicyclic) bond motifs is 1. The molecule has 0 radical (unpaired) electrons. The molecule has 114 valence electrons. The van der Waals surface area contributed by atoms with Crippen LogP contribution in [0.1, 0.15) is 0 Å². The van der Waals surface area contributed by atoms with Crippen molar-refractivity contribution >= 4 is 22.8 Å². The molecule has 3 rings (SSSR count). The van der Waals surface area contributed by atoms with E-state index in [1.807, 2.05) is 18.2 Å². The molecular weight excluding hydrogens is 266 g/mol. The van der Waals surface area contributed by atoms with Crippen LogP contribution >= 0.6 is 0 Å². The Bertz CT molecular complexity index is 601. The van der Waals surface area contributed by atoms with Gasteiger partial charge in [-0.2, -0.15) is 4.98 Å². The van der Waals surface area contributed by atoms with Gasteiger partial charge in [-0.25, -0.2) is 0 Å². The number of oxazole rings is 1. The number of rotatable bonds is 4. The van der Waals surface area contributed by atoms with Crippen LogP contribution in [-0.2, 0) is 0 Å². The molecule has 1 aliphatic rings. The zero-order valence-electron chi connectivity index (χ0n) is 12.7. The number of aromatic nitrogens is 1. The predicted molar refractivity (Wildman–Crippen MR) is 85.6 cm³/mol. The molecule has 0 amide bonds. The SMILES string of the molecule is CN(C)CCN1CCN(c2nc3c(N)cccc3o2)CC1. The molecule has 6 heteroatoms. The van der Waals surface area contributed by atoms with Gasteiger partial charge in [0.2, 0.25) is 0 Å². The lowest BCUT2D eigenvalue weighted by Crippen LogP contribution is -2.48. The second kappa shape index (κ2) is 5.91. The fraction of sp³-hybridized carbons (Fsp3) is 0.533. The summed E-state index contributed by atoms with van der Waals surface area (Å²) in [7, 11) is 4.22. The number of anilines is 2. The van der Waals surface area contributed by atoms with Crippen molar-refractivity contribution in [1.82, 2.24) is 14.8 Å². The first kappa shape index (κ1) is 14.2. The van der Waals surface area contributed by atoms with Crippen molar-refractivity contribution < 1.29 is 4.42 Å². The lowest BCUT2D eigenvalue weighted by atomic mass is 10.3. The van der Waals surface area contributed by atoms with E-state index < -0.39 is 0 Å². The summed E-state index contributed by atoms with van der Waals surface area (Å²) < 4.78 is 5.83. The van der Waals surface area contributed by atoms with Crippen LogP contribution in [0, 0.1) is 0 Å². The third-order valence-electron chi connectivity index (χ3n) is 3.95. The van der Waals surface area contributed by atoms with Crippen LogP contribution in [0.25, 0.3) is 11.1 Å². The average Bonchev–Trinajstić information content (AvgIpc) is 2.91. The molecule has 6 nitrogen and oxygen atoms in total. The number of likely N-dealkylation sites (N-methyl/N-ethyl adjacent to an activating group) is 1. The minimum absolute atomic E-state index is 0.673. The summed E-state index contributed by atoms with van der Waals surface area (Å²) in [5.74, 6) is 0. The van der Waals surface area contributed by atoms with E-state index in [2.05, 4.69) is 33.8 Å². The Hall–Kier alpha value is -1.79. The summed E-state index contributed by atoms with van der Waals surface area (Å²) in [6.07, 6.45) is 0. The van der Waals surface area contributed by atoms with Crippen LogP contribution in [0.3, 0.4) is 0 Å². The minimum Gasteiger partial charge on any atom is -0.423 e. The molecule has 1 aromatic carbocycles. The third kappa shape index (κ3) is 3.11. The molecule has 1 fully saturated rings. The van der Waals surface area contributed by atoms with Crippen LogP contribution in [0.5, 0.6) is 0 Å². The smallest absolute Gasteiger partial charge is 0.298 e. The van der Waals surface area contributed by atoms with Gasteiger partial charge in [0.05, 0.1) is 5.69 Å². The van der Waals surface area contributed by atoms with Crippen LogP contribution < -0.4 is 10.6 Å². The van der Waals surface area contributed by atoms with Gasteiger partial charge < -0.3 is 20.0 Å². The molecule has 2 aromatic rings. The van der Waals surface area contributed by atoms with Crippen molar-refractivity contribution in [3.63, 3.8) is 0 Å². The van der Waals surface area contributed by atoms with E-state index in [0.717, 1.165) is 50.4 Å². The van der Waals surface area contributed by atoms with Crippen molar-refractivity contribution in [3.05, 3.63) is 18.2 Å². The van der Waals surface area contributed by atoms with E-state index in [0.29, 0.717) is 11.7 Å². The molecule has 2 N–H and O–H groups in total. The zero-order valence-corrected chi connectivity index (χ0v) is 12.7. The van der Waals surface area contributed by atoms with E-state index in [9.17, 15) is 0 Å². The average molecular weight is 289 g/mol. The van der Waals surface area contributed by atoms with Gasteiger partial charge in [0, 0.05) is 39.3 Å². The molecule has 0 spiro atoms. The minimum atomic E-state index is 0.673. The number of hydrogen-bond donors (Lipinski definition) is 1. The summed E-state index contributed by atoms with van der Waals surface area (Å²) in [4.78, 5) is 11.4. The molecule has 0 atom stereocenters. The zero-order chi connectivity index (χ0) is 14.8. The fourth-order valence-corrected chi connectivity index (χ4v) is 2.60. The monoisotopic (exact) mass is 289 g/mol. The molecule has 1 aliphatic heterocycles. The number of piperazine rings is 1. The highest BCUT2D eigenvalue weighted by Crippen LogP contribution is 2.26. The standard InChI is InChI=1S/C15H23N5O/c1-18(2)6-7-19-8-10-20(11-9-19)15-17-14-12(16)4-3-5-13(14)21-15/h3-5H,6-11,16H2,1-2H3. The second-order valence-electron chi connectivity index (χ2n) is 5.82. The Morgan fingerprint density at radius 3 is 2.67 bits per heavy atom. The van der Waals surface area contributed by atoms with Gasteiger partial charge in [0.25, 0.3) is 6.01 Å². The number of para-hydroxylation sites is 1. The van der Waals surface area contributed by atoms with E-state index in [4.69, 9.17) is 10.2 Å². The Morgan fingerprint density at radius 1 is 1.24 bits per heavy atom. The lowest BCUT2D eigenvalue weighted by molar-refractivity contribution is 0.226. The maximum Gasteiger partial charge on any atom is 0.298 e. The van der Waals surface area contributed by atoms with Gasteiger partial charge in [-0.1, -0.05) is 6.07 Å². The molecule has 0 aliphatic carbocycles. The molecule has 0 bridgehead atoms. The van der Waals surface area contributed by atoms with Crippen molar-refractivity contribution in [2.75, 3.05) is 64.0 Å². The van der Waals surface area contributed by atoms with Crippen molar-refractivity contribution in [2.45, 2.75) is 0 Å². The highest BCUT2D eigenvalue weighted by molar-refractivity contribution is 5.86. The maximum atomic E-state index is 5.94. The van der Waals surface area contributed by atoms with Crippen LogP contribution in [0.2, 0.25) is 0 Å². The van der Waals surface area contributed by atoms with Crippen molar-refractivity contribution in [1.29, 1.82) is 0 Å². The second-order valence-corrected chi connectivity index (χ2v) is 5.82. The number of nitrogens with two attached hydrogens (primary N) is 1. The van der Waals surface area contributed by atoms with Gasteiger partial charge in [-0.15, -0.1) is 0 Å². The number of nitrogens with zero attached hydrogens (tertiary/aromatic N) is 4. The largest absolute Gasteiger partial charge is 0.423 e. The third-order valence-corrected chi connectivity index (χ3v) is 3.95. The molecule has 0 saturated carbocycles. The first-order valence-electron chi connectivity index (χ1n) is 7.40. The van der Waals surface area contributed by atoms with Gasteiger partial charge in [-0.3, -0.25) is 4.90 Å². The molecule has 2 heterocycles. The van der Waals surface area contributed by atoms with Gasteiger partial charge in [-0.05, 0) is 26.2 Å². The van der Waals surface area contributed by atoms with Crippen LogP contribution in [0.15, 0.2) is 22.6 Å². The van der Waals surface area contributed by atoms with E-state index >= 15 is 0 Å². The molecule has 1 saturated heterocycles. The van der Waals surface area contributed by atoms with E-state index in [1.165, 1.54) is 0 Å². The molecule has 0 unspecified atom stereocenters. The summed E-state index contributed by atoms with van der Waals surface area (Å²) >= 11 is 0. The number of benzene rings is 1. The first-order chi connectivity index (χ1) is 10.1. The lowest BCUT2D eigenvalue weighted by Gasteiger charge is -2.34. The Labute approximate surface area is 125 Å². The van der Waals surface area contributed by atoms with Crippen LogP contribution in [-0.4, -0.2) is 68.1 Å². The number of hydrogen-bond acceptors (Lipinski definition) is 6. The Morgan fingerprint density at radius 2 is 2.00 bits per heavy atom. The number of nitrogen functional groups attached to an aromatic ring is 1. The quantitative estimate of drug-likeness (QED) is 0.850. The maximum absolute atomic E-state index is 5.94. The molecule has 1 aromatic heterocycles. The van der Waals surface area contributed by atoms with E-state index in [1.54, 1.807) is 0 Å². The summed E-state index contributed by atoms with van der Waals surface area (Å²) in [5, 5.41) is 0. The van der Waals surface area contributed by atoms with Gasteiger partial charge in [0.1, 0.15) is 5.52 Å². The Balaban J connectivity index is 1.64. The normalized spacial score (nSPS) is 17.0. The Kier molecular flexibility index (Phi) is 3.98. The van der Waals surface area contributed by atoms with Crippen molar-refractivity contribution in [2.24, 2.45) is 0 Å². The highest BCUT2D eigenvalue weighted by Gasteiger charge is 2.21. The molecular formula is C15H23N5O. The predicted octanol–water partition coefficient (Wildman–Crippen LogP) is 1.09. The van der Waals surface area contributed by atoms with Gasteiger partial charge >= 0.3 is 0 Å². The molecule has 21 heavy (non-hydrogen) atoms. The highest BCUT2D eigenvalue weighted by atomic mass is 16.4. The van der Waals surface area contributed by atoms with E-state index in [-0.39, 0.29) is 0 Å². The topological polar surface area (TPSA) is 61.8 Å². The summed E-state index contributed by atoms with van der Waals surface area (Å²) in [5.41, 5.74) is 8.14. The summed E-state index contributed by atoms with van der Waals surface area (Å²) in [6.45, 7) is 6.19. The van der Waals surface area contributed by atoms with Crippen molar-refractivity contribution in [3.8, 4) is 0 Å². The summed E-state index contributed by atoms with van der Waals surface area (Å²) in [6, 6.07) is 6.35. The van der Waals surface area contributed by atoms with Gasteiger partial charge in [0.15, 0.2) is 5.58 Å². The first-order valence-corrected chi connectivity index (χ1v) is 7.40.